The topological polar surface area (TPSA) is 56.8 Å². The molecule has 0 amide bonds. The van der Waals surface area contributed by atoms with Crippen molar-refractivity contribution in [2.45, 2.75) is 51.7 Å². The molecule has 0 aromatic heterocycles. The maximum absolute atomic E-state index is 12.0. The van der Waals surface area contributed by atoms with E-state index < -0.39 is 6.29 Å². The molecule has 1 aliphatic carbocycles. The van der Waals surface area contributed by atoms with Gasteiger partial charge in [0.15, 0.2) is 5.88 Å². The molecule has 3 unspecified atom stereocenters. The van der Waals surface area contributed by atoms with Crippen molar-refractivity contribution in [3.05, 3.63) is 35.9 Å². The van der Waals surface area contributed by atoms with Gasteiger partial charge in [-0.05, 0) is 25.8 Å². The predicted molar refractivity (Wildman–Crippen MR) is 92.7 cm³/mol. The Hall–Kier alpha value is -1.91. The Labute approximate surface area is 144 Å². The van der Waals surface area contributed by atoms with Crippen LogP contribution >= 0.6 is 0 Å². The molecule has 0 spiro atoms. The lowest BCUT2D eigenvalue weighted by atomic mass is 9.82. The van der Waals surface area contributed by atoms with Gasteiger partial charge in [0.2, 0.25) is 6.29 Å². The van der Waals surface area contributed by atoms with Crippen molar-refractivity contribution in [1.82, 2.24) is 5.32 Å². The van der Waals surface area contributed by atoms with Crippen LogP contribution in [0, 0.1) is 11.8 Å². The number of methoxy groups -OCH3 is 1. The fraction of sp³-hybridized carbons (Fsp3) is 0.632. The SMILES string of the molecule is C=C(NC)OC1OC=C(C(=O)OC)C2CC=C(CCCCCC)C12. The summed E-state index contributed by atoms with van der Waals surface area (Å²) in [5.41, 5.74) is 1.91. The summed E-state index contributed by atoms with van der Waals surface area (Å²) in [4.78, 5) is 12.0. The van der Waals surface area contributed by atoms with Crippen LogP contribution in [0.4, 0.5) is 0 Å². The Balaban J connectivity index is 2.12. The summed E-state index contributed by atoms with van der Waals surface area (Å²) in [7, 11) is 3.16. The second-order valence-electron chi connectivity index (χ2n) is 6.32. The van der Waals surface area contributed by atoms with Gasteiger partial charge in [0, 0.05) is 13.0 Å². The van der Waals surface area contributed by atoms with Gasteiger partial charge in [0.05, 0.1) is 24.9 Å². The Kier molecular flexibility index (Phi) is 6.76. The molecule has 2 aliphatic rings. The number of carbonyl (C=O) groups excluding carboxylic acids is 1. The molecule has 5 heteroatoms. The van der Waals surface area contributed by atoms with E-state index in [1.165, 1.54) is 38.2 Å². The van der Waals surface area contributed by atoms with E-state index in [2.05, 4.69) is 24.9 Å². The maximum Gasteiger partial charge on any atom is 0.337 e. The number of nitrogens with one attached hydrogen (secondary N) is 1. The zero-order valence-corrected chi connectivity index (χ0v) is 15.0. The highest BCUT2D eigenvalue weighted by Crippen LogP contribution is 2.45. The Morgan fingerprint density at radius 3 is 2.88 bits per heavy atom. The first-order valence-electron chi connectivity index (χ1n) is 8.78. The summed E-state index contributed by atoms with van der Waals surface area (Å²) in [5, 5.41) is 2.88. The van der Waals surface area contributed by atoms with Gasteiger partial charge in [-0.2, -0.15) is 0 Å². The molecule has 1 N–H and O–H groups in total. The van der Waals surface area contributed by atoms with Crippen LogP contribution in [0.3, 0.4) is 0 Å². The molecule has 134 valence electrons. The van der Waals surface area contributed by atoms with Gasteiger partial charge in [-0.25, -0.2) is 4.79 Å². The van der Waals surface area contributed by atoms with Gasteiger partial charge in [-0.1, -0.05) is 37.8 Å². The summed E-state index contributed by atoms with van der Waals surface area (Å²) >= 11 is 0. The van der Waals surface area contributed by atoms with E-state index in [-0.39, 0.29) is 17.8 Å². The molecule has 0 bridgehead atoms. The van der Waals surface area contributed by atoms with Gasteiger partial charge in [0.1, 0.15) is 0 Å². The molecular formula is C19H29NO4. The minimum atomic E-state index is -0.455. The molecule has 2 rings (SSSR count). The molecule has 1 heterocycles. The van der Waals surface area contributed by atoms with Gasteiger partial charge in [-0.3, -0.25) is 0 Å². The molecule has 24 heavy (non-hydrogen) atoms. The van der Waals surface area contributed by atoms with Crippen molar-refractivity contribution in [1.29, 1.82) is 0 Å². The van der Waals surface area contributed by atoms with Crippen LogP contribution in [0.15, 0.2) is 35.9 Å². The molecule has 0 fully saturated rings. The van der Waals surface area contributed by atoms with Gasteiger partial charge in [-0.15, -0.1) is 0 Å². The third-order valence-electron chi connectivity index (χ3n) is 4.79. The molecule has 0 saturated heterocycles. The third-order valence-corrected chi connectivity index (χ3v) is 4.79. The van der Waals surface area contributed by atoms with E-state index in [1.807, 2.05) is 0 Å². The Morgan fingerprint density at radius 1 is 1.42 bits per heavy atom. The van der Waals surface area contributed by atoms with E-state index in [0.717, 1.165) is 19.3 Å². The maximum atomic E-state index is 12.0. The number of unbranched alkanes of at least 4 members (excludes halogenated alkanes) is 3. The van der Waals surface area contributed by atoms with Gasteiger partial charge in [0.25, 0.3) is 0 Å². The van der Waals surface area contributed by atoms with E-state index in [4.69, 9.17) is 14.2 Å². The highest BCUT2D eigenvalue weighted by molar-refractivity contribution is 5.89. The summed E-state index contributed by atoms with van der Waals surface area (Å²) in [6, 6.07) is 0. The lowest BCUT2D eigenvalue weighted by molar-refractivity contribution is -0.145. The molecule has 0 saturated carbocycles. The second-order valence-corrected chi connectivity index (χ2v) is 6.32. The highest BCUT2D eigenvalue weighted by Gasteiger charge is 2.45. The van der Waals surface area contributed by atoms with Crippen molar-refractivity contribution < 1.29 is 19.0 Å². The van der Waals surface area contributed by atoms with Crippen molar-refractivity contribution in [2.75, 3.05) is 14.2 Å². The smallest absolute Gasteiger partial charge is 0.337 e. The molecular weight excluding hydrogens is 306 g/mol. The Bertz CT molecular complexity index is 523. The van der Waals surface area contributed by atoms with E-state index in [1.54, 1.807) is 7.05 Å². The van der Waals surface area contributed by atoms with Crippen molar-refractivity contribution >= 4 is 5.97 Å². The standard InChI is InChI=1S/C19H29NO4/c1-5-6-7-8-9-14-10-11-15-16(18(21)22-4)12-23-19(17(14)15)24-13(2)20-3/h10,12,15,17,19-20H,2,5-9,11H2,1,3-4H3. The first-order chi connectivity index (χ1) is 11.6. The molecule has 0 aromatic rings. The lowest BCUT2D eigenvalue weighted by Crippen LogP contribution is -2.37. The zero-order valence-electron chi connectivity index (χ0n) is 15.0. The first-order valence-corrected chi connectivity index (χ1v) is 8.78. The van der Waals surface area contributed by atoms with Gasteiger partial charge < -0.3 is 19.5 Å². The first kappa shape index (κ1) is 18.4. The zero-order chi connectivity index (χ0) is 17.5. The Morgan fingerprint density at radius 2 is 2.21 bits per heavy atom. The molecule has 5 nitrogen and oxygen atoms in total. The number of hydrogen-bond acceptors (Lipinski definition) is 5. The number of hydrogen-bond donors (Lipinski definition) is 1. The lowest BCUT2D eigenvalue weighted by Gasteiger charge is -2.35. The van der Waals surface area contributed by atoms with E-state index in [9.17, 15) is 4.79 Å². The number of fused-ring (bicyclic) bond motifs is 1. The fourth-order valence-corrected chi connectivity index (χ4v) is 3.46. The second kappa shape index (κ2) is 8.81. The van der Waals surface area contributed by atoms with Crippen molar-refractivity contribution in [3.8, 4) is 0 Å². The van der Waals surface area contributed by atoms with Crippen molar-refractivity contribution in [3.63, 3.8) is 0 Å². The van der Waals surface area contributed by atoms with Crippen LogP contribution in [-0.4, -0.2) is 26.4 Å². The summed E-state index contributed by atoms with van der Waals surface area (Å²) in [5.74, 6) is 0.236. The molecule has 1 aliphatic heterocycles. The largest absolute Gasteiger partial charge is 0.466 e. The third kappa shape index (κ3) is 4.13. The summed E-state index contributed by atoms with van der Waals surface area (Å²) < 4.78 is 16.4. The van der Waals surface area contributed by atoms with Gasteiger partial charge >= 0.3 is 5.97 Å². The summed E-state index contributed by atoms with van der Waals surface area (Å²) in [6.45, 7) is 6.03. The van der Waals surface area contributed by atoms with Crippen LogP contribution in [-0.2, 0) is 19.0 Å². The summed E-state index contributed by atoms with van der Waals surface area (Å²) in [6.07, 6.45) is 9.97. The number of rotatable bonds is 9. The molecule has 3 atom stereocenters. The van der Waals surface area contributed by atoms with Crippen LogP contribution in [0.5, 0.6) is 0 Å². The van der Waals surface area contributed by atoms with E-state index >= 15 is 0 Å². The predicted octanol–water partition coefficient (Wildman–Crippen LogP) is 3.64. The average Bonchev–Trinajstić information content (AvgIpc) is 3.02. The van der Waals surface area contributed by atoms with E-state index in [0.29, 0.717) is 11.5 Å². The van der Waals surface area contributed by atoms with Crippen LogP contribution < -0.4 is 5.32 Å². The normalized spacial score (nSPS) is 25.0. The number of esters is 1. The van der Waals surface area contributed by atoms with Crippen molar-refractivity contribution in [2.24, 2.45) is 11.8 Å². The number of allylic oxidation sites excluding steroid dienone is 1. The number of carbonyl (C=O) groups is 1. The minimum absolute atomic E-state index is 0.0378. The average molecular weight is 335 g/mol. The van der Waals surface area contributed by atoms with Crippen LogP contribution in [0.25, 0.3) is 0 Å². The molecule has 0 aromatic carbocycles. The highest BCUT2D eigenvalue weighted by atomic mass is 16.7. The quantitative estimate of drug-likeness (QED) is 0.302. The fourth-order valence-electron chi connectivity index (χ4n) is 3.46. The monoisotopic (exact) mass is 335 g/mol. The van der Waals surface area contributed by atoms with Crippen LogP contribution in [0.1, 0.15) is 45.4 Å². The number of ether oxygens (including phenoxy) is 3. The van der Waals surface area contributed by atoms with Crippen LogP contribution in [0.2, 0.25) is 0 Å². The minimum Gasteiger partial charge on any atom is -0.466 e. The molecule has 0 radical (unpaired) electrons.